The number of ether oxygens (including phenoxy) is 1. The van der Waals surface area contributed by atoms with Gasteiger partial charge in [0.15, 0.2) is 0 Å². The first kappa shape index (κ1) is 23.0. The van der Waals surface area contributed by atoms with Crippen LogP contribution in [0.15, 0.2) is 48.0 Å². The molecule has 1 N–H and O–H groups in total. The van der Waals surface area contributed by atoms with Gasteiger partial charge in [0, 0.05) is 20.6 Å². The van der Waals surface area contributed by atoms with Crippen molar-refractivity contribution in [3.63, 3.8) is 0 Å². The predicted octanol–water partition coefficient (Wildman–Crippen LogP) is 5.02. The van der Waals surface area contributed by atoms with Crippen LogP contribution in [0.3, 0.4) is 0 Å². The summed E-state index contributed by atoms with van der Waals surface area (Å²) < 4.78 is 6.08. The van der Waals surface area contributed by atoms with Gasteiger partial charge in [-0.3, -0.25) is 4.79 Å². The minimum absolute atomic E-state index is 0.292. The van der Waals surface area contributed by atoms with Gasteiger partial charge in [-0.1, -0.05) is 53.5 Å². The first-order valence-electron chi connectivity index (χ1n) is 9.85. The van der Waals surface area contributed by atoms with E-state index >= 15 is 0 Å². The highest BCUT2D eigenvalue weighted by Crippen LogP contribution is 2.54. The van der Waals surface area contributed by atoms with Crippen molar-refractivity contribution in [1.82, 2.24) is 5.32 Å². The van der Waals surface area contributed by atoms with Crippen molar-refractivity contribution in [2.24, 2.45) is 0 Å². The molecule has 31 heavy (non-hydrogen) atoms. The molecule has 0 radical (unpaired) electrons. The fourth-order valence-corrected chi connectivity index (χ4v) is 4.66. The number of methoxy groups -OCH3 is 1. The van der Waals surface area contributed by atoms with E-state index in [-0.39, 0.29) is 5.91 Å². The lowest BCUT2D eigenvalue weighted by Gasteiger charge is -2.44. The standard InChI is InChI=1S/C24H22Cl2N2O3/c1-28-23(30)22-18-9-4-3-7-16(18)17(8-5-6-12-29)19(14-27)24(22,31-2)15-10-11-20(25)21(26)13-15/h3-4,7,9-13,22H,5-6,8H2,1-2H3,(H,28,30)/t22?,24-/m0/s1. The topological polar surface area (TPSA) is 79.2 Å². The monoisotopic (exact) mass is 456 g/mol. The van der Waals surface area contributed by atoms with Crippen molar-refractivity contribution in [2.45, 2.75) is 30.8 Å². The fraction of sp³-hybridized carbons (Fsp3) is 0.292. The van der Waals surface area contributed by atoms with E-state index in [1.165, 1.54) is 7.11 Å². The normalized spacial score (nSPS) is 20.0. The molecule has 2 aromatic carbocycles. The predicted molar refractivity (Wildman–Crippen MR) is 121 cm³/mol. The van der Waals surface area contributed by atoms with E-state index in [1.807, 2.05) is 24.3 Å². The summed E-state index contributed by atoms with van der Waals surface area (Å²) in [6.45, 7) is 0. The average Bonchev–Trinajstić information content (AvgIpc) is 2.79. The largest absolute Gasteiger partial charge is 0.367 e. The van der Waals surface area contributed by atoms with Crippen molar-refractivity contribution >= 4 is 41.0 Å². The molecule has 0 spiro atoms. The molecule has 0 heterocycles. The second-order valence-corrected chi connectivity index (χ2v) is 8.04. The molecular formula is C24H22Cl2N2O3. The number of hydrogen-bond acceptors (Lipinski definition) is 4. The van der Waals surface area contributed by atoms with Gasteiger partial charge in [0.05, 0.1) is 21.7 Å². The number of nitrogens with zero attached hydrogens (tertiary/aromatic N) is 1. The number of unbranched alkanes of at least 4 members (excludes halogenated alkanes) is 1. The van der Waals surface area contributed by atoms with Crippen molar-refractivity contribution in [3.05, 3.63) is 74.8 Å². The molecule has 1 aliphatic rings. The van der Waals surface area contributed by atoms with Crippen molar-refractivity contribution in [1.29, 1.82) is 5.26 Å². The highest BCUT2D eigenvalue weighted by Gasteiger charge is 2.53. The molecule has 2 aromatic rings. The molecule has 0 saturated heterocycles. The molecule has 1 aliphatic carbocycles. The SMILES string of the molecule is CNC(=O)C1c2ccccc2C(CCCC=O)=C(C#N)[C@@]1(OC)c1ccc(Cl)c(Cl)c1. The van der Waals surface area contributed by atoms with Crippen molar-refractivity contribution < 1.29 is 14.3 Å². The molecule has 0 aromatic heterocycles. The minimum atomic E-state index is -1.41. The lowest BCUT2D eigenvalue weighted by Crippen LogP contribution is -2.47. The van der Waals surface area contributed by atoms with E-state index in [0.717, 1.165) is 23.0 Å². The summed E-state index contributed by atoms with van der Waals surface area (Å²) >= 11 is 12.5. The van der Waals surface area contributed by atoms with Gasteiger partial charge in [-0.25, -0.2) is 0 Å². The molecule has 2 atom stereocenters. The Kier molecular flexibility index (Phi) is 7.17. The Bertz CT molecular complexity index is 1090. The number of allylic oxidation sites excluding steroid dienone is 1. The van der Waals surface area contributed by atoms with E-state index in [4.69, 9.17) is 27.9 Å². The van der Waals surface area contributed by atoms with Gasteiger partial charge in [-0.15, -0.1) is 0 Å². The number of nitriles is 1. The molecule has 0 fully saturated rings. The van der Waals surface area contributed by atoms with Gasteiger partial charge < -0.3 is 14.8 Å². The van der Waals surface area contributed by atoms with Crippen LogP contribution in [-0.4, -0.2) is 26.4 Å². The minimum Gasteiger partial charge on any atom is -0.367 e. The highest BCUT2D eigenvalue weighted by molar-refractivity contribution is 6.42. The number of aldehydes is 1. The van der Waals surface area contributed by atoms with E-state index < -0.39 is 11.5 Å². The number of rotatable bonds is 7. The molecule has 0 bridgehead atoms. The van der Waals surface area contributed by atoms with Gasteiger partial charge in [0.2, 0.25) is 5.91 Å². The number of carbonyl (C=O) groups excluding carboxylic acids is 2. The molecular weight excluding hydrogens is 435 g/mol. The van der Waals surface area contributed by atoms with Crippen LogP contribution in [0, 0.1) is 11.3 Å². The zero-order valence-electron chi connectivity index (χ0n) is 17.2. The Labute approximate surface area is 191 Å². The molecule has 7 heteroatoms. The highest BCUT2D eigenvalue weighted by atomic mass is 35.5. The molecule has 1 amide bonds. The number of halogens is 2. The van der Waals surface area contributed by atoms with E-state index in [2.05, 4.69) is 11.4 Å². The van der Waals surface area contributed by atoms with E-state index in [1.54, 1.807) is 25.2 Å². The van der Waals surface area contributed by atoms with Crippen LogP contribution in [0.2, 0.25) is 10.0 Å². The van der Waals surface area contributed by atoms with E-state index in [9.17, 15) is 14.9 Å². The van der Waals surface area contributed by atoms with Gasteiger partial charge in [-0.2, -0.15) is 5.26 Å². The Morgan fingerprint density at radius 2 is 2.00 bits per heavy atom. The number of fused-ring (bicyclic) bond motifs is 1. The zero-order chi connectivity index (χ0) is 22.6. The van der Waals surface area contributed by atoms with Crippen molar-refractivity contribution in [2.75, 3.05) is 14.2 Å². The quantitative estimate of drug-likeness (QED) is 0.468. The number of nitrogens with one attached hydrogen (secondary N) is 1. The maximum atomic E-state index is 13.2. The third-order valence-corrected chi connectivity index (χ3v) is 6.46. The number of amides is 1. The van der Waals surface area contributed by atoms with Crippen LogP contribution in [0.5, 0.6) is 0 Å². The Hall–Kier alpha value is -2.65. The average molecular weight is 457 g/mol. The molecule has 160 valence electrons. The third kappa shape index (κ3) is 3.87. The van der Waals surface area contributed by atoms with Gasteiger partial charge >= 0.3 is 0 Å². The van der Waals surface area contributed by atoms with Crippen LogP contribution >= 0.6 is 23.2 Å². The summed E-state index contributed by atoms with van der Waals surface area (Å²) in [6.07, 6.45) is 2.29. The molecule has 5 nitrogen and oxygen atoms in total. The lowest BCUT2D eigenvalue weighted by molar-refractivity contribution is -0.129. The molecule has 3 rings (SSSR count). The van der Waals surface area contributed by atoms with Gasteiger partial charge in [0.1, 0.15) is 17.8 Å². The summed E-state index contributed by atoms with van der Waals surface area (Å²) in [4.78, 5) is 24.1. The lowest BCUT2D eigenvalue weighted by atomic mass is 9.64. The maximum Gasteiger partial charge on any atom is 0.231 e. The van der Waals surface area contributed by atoms with Crippen LogP contribution in [0.1, 0.15) is 41.9 Å². The van der Waals surface area contributed by atoms with Gasteiger partial charge in [-0.05, 0) is 47.2 Å². The van der Waals surface area contributed by atoms with Crippen LogP contribution in [0.25, 0.3) is 5.57 Å². The molecule has 1 unspecified atom stereocenters. The zero-order valence-corrected chi connectivity index (χ0v) is 18.8. The summed E-state index contributed by atoms with van der Waals surface area (Å²) in [6, 6.07) is 14.8. The number of benzene rings is 2. The van der Waals surface area contributed by atoms with Crippen LogP contribution in [0.4, 0.5) is 0 Å². The van der Waals surface area contributed by atoms with Crippen LogP contribution in [-0.2, 0) is 19.9 Å². The summed E-state index contributed by atoms with van der Waals surface area (Å²) in [5.41, 5.74) is 1.78. The number of likely N-dealkylation sites (N-methyl/N-ethyl adjacent to an activating group) is 1. The second kappa shape index (κ2) is 9.65. The Morgan fingerprint density at radius 1 is 1.26 bits per heavy atom. The van der Waals surface area contributed by atoms with Gasteiger partial charge in [0.25, 0.3) is 0 Å². The Morgan fingerprint density at radius 3 is 2.61 bits per heavy atom. The third-order valence-electron chi connectivity index (χ3n) is 5.72. The van der Waals surface area contributed by atoms with E-state index in [0.29, 0.717) is 40.4 Å². The molecule has 0 saturated carbocycles. The summed E-state index contributed by atoms with van der Waals surface area (Å²) in [7, 11) is 3.03. The second-order valence-electron chi connectivity index (χ2n) is 7.23. The Balaban J connectivity index is 2.41. The summed E-state index contributed by atoms with van der Waals surface area (Å²) in [5, 5.41) is 13.7. The van der Waals surface area contributed by atoms with Crippen molar-refractivity contribution in [3.8, 4) is 6.07 Å². The number of hydrogen-bond donors (Lipinski definition) is 1. The first-order chi connectivity index (χ1) is 15.0. The number of carbonyl (C=O) groups is 2. The summed E-state index contributed by atoms with van der Waals surface area (Å²) in [5.74, 6) is -1.12. The fourth-order valence-electron chi connectivity index (χ4n) is 4.36. The first-order valence-corrected chi connectivity index (χ1v) is 10.6. The maximum absolute atomic E-state index is 13.2. The van der Waals surface area contributed by atoms with Crippen LogP contribution < -0.4 is 5.32 Å². The smallest absolute Gasteiger partial charge is 0.231 e. The molecule has 0 aliphatic heterocycles.